The van der Waals surface area contributed by atoms with Gasteiger partial charge in [0.05, 0.1) is 0 Å². The van der Waals surface area contributed by atoms with Crippen molar-refractivity contribution in [2.24, 2.45) is 5.92 Å². The molecule has 2 heteroatoms. The molecule has 0 N–H and O–H groups in total. The first kappa shape index (κ1) is 15.6. The second kappa shape index (κ2) is 8.51. The smallest absolute Gasteiger partial charge is 0.163 e. The minimum absolute atomic E-state index is 0.332. The molecule has 0 amide bonds. The molecule has 1 aromatic carbocycles. The number of carbonyl (C=O) groups excluding carboxylic acids is 1. The molecule has 2 unspecified atom stereocenters. The summed E-state index contributed by atoms with van der Waals surface area (Å²) in [6, 6.07) is 9.79. The molecule has 1 fully saturated rings. The summed E-state index contributed by atoms with van der Waals surface area (Å²) in [4.78, 5) is 12.4. The number of benzene rings is 1. The maximum atomic E-state index is 12.4. The van der Waals surface area contributed by atoms with Crippen LogP contribution < -0.4 is 0 Å². The summed E-state index contributed by atoms with van der Waals surface area (Å²) >= 11 is 2.12. The molecule has 20 heavy (non-hydrogen) atoms. The Morgan fingerprint density at radius 1 is 1.20 bits per heavy atom. The van der Waals surface area contributed by atoms with Crippen LogP contribution in [0.1, 0.15) is 62.2 Å². The van der Waals surface area contributed by atoms with Crippen molar-refractivity contribution >= 4 is 17.5 Å². The zero-order valence-corrected chi connectivity index (χ0v) is 13.3. The van der Waals surface area contributed by atoms with E-state index in [-0.39, 0.29) is 0 Å². The largest absolute Gasteiger partial charge is 0.294 e. The summed E-state index contributed by atoms with van der Waals surface area (Å²) in [5.41, 5.74) is 0.885. The van der Waals surface area contributed by atoms with Gasteiger partial charge in [-0.15, -0.1) is 0 Å². The average Bonchev–Trinajstić information content (AvgIpc) is 2.50. The summed E-state index contributed by atoms with van der Waals surface area (Å²) in [5, 5.41) is 0.711. The van der Waals surface area contributed by atoms with Crippen LogP contribution in [0.3, 0.4) is 0 Å². The highest BCUT2D eigenvalue weighted by Crippen LogP contribution is 2.36. The molecule has 2 rings (SSSR count). The van der Waals surface area contributed by atoms with E-state index < -0.39 is 0 Å². The van der Waals surface area contributed by atoms with Gasteiger partial charge in [0.15, 0.2) is 5.78 Å². The Balaban J connectivity index is 1.89. The van der Waals surface area contributed by atoms with Crippen LogP contribution in [0.4, 0.5) is 0 Å². The second-order valence-corrected chi connectivity index (χ2v) is 7.15. The van der Waals surface area contributed by atoms with E-state index in [1.807, 2.05) is 30.3 Å². The molecule has 0 radical (unpaired) electrons. The molecular formula is C18H26OS. The number of thioether (sulfide) groups is 1. The van der Waals surface area contributed by atoms with E-state index in [1.165, 1.54) is 44.3 Å². The van der Waals surface area contributed by atoms with Gasteiger partial charge in [-0.25, -0.2) is 0 Å². The number of unbranched alkanes of at least 4 members (excludes halogenated alkanes) is 1. The van der Waals surface area contributed by atoms with E-state index in [0.29, 0.717) is 17.0 Å². The van der Waals surface area contributed by atoms with Crippen LogP contribution >= 0.6 is 11.8 Å². The molecule has 0 bridgehead atoms. The number of hydrogen-bond acceptors (Lipinski definition) is 2. The molecule has 1 saturated carbocycles. The number of ketones is 1. The van der Waals surface area contributed by atoms with Gasteiger partial charge in [-0.2, -0.15) is 11.8 Å². The first-order valence-corrected chi connectivity index (χ1v) is 9.06. The van der Waals surface area contributed by atoms with Crippen LogP contribution in [0.5, 0.6) is 0 Å². The van der Waals surface area contributed by atoms with E-state index in [0.717, 1.165) is 12.0 Å². The van der Waals surface area contributed by atoms with E-state index in [4.69, 9.17) is 0 Å². The molecule has 2 atom stereocenters. The van der Waals surface area contributed by atoms with Gasteiger partial charge in [-0.05, 0) is 30.9 Å². The second-order valence-electron chi connectivity index (χ2n) is 5.80. The lowest BCUT2D eigenvalue weighted by atomic mass is 9.84. The van der Waals surface area contributed by atoms with Crippen LogP contribution in [0, 0.1) is 5.92 Å². The quantitative estimate of drug-likeness (QED) is 0.497. The molecule has 1 aromatic rings. The molecule has 0 aromatic heterocycles. The van der Waals surface area contributed by atoms with Gasteiger partial charge in [0.25, 0.3) is 0 Å². The van der Waals surface area contributed by atoms with Crippen molar-refractivity contribution in [3.05, 3.63) is 35.9 Å². The van der Waals surface area contributed by atoms with Crippen molar-refractivity contribution in [2.45, 2.75) is 57.1 Å². The third-order valence-electron chi connectivity index (χ3n) is 4.21. The van der Waals surface area contributed by atoms with Crippen molar-refractivity contribution in [3.63, 3.8) is 0 Å². The highest BCUT2D eigenvalue weighted by molar-refractivity contribution is 7.99. The van der Waals surface area contributed by atoms with Gasteiger partial charge in [0.2, 0.25) is 0 Å². The molecule has 110 valence electrons. The van der Waals surface area contributed by atoms with Crippen LogP contribution in [0.2, 0.25) is 0 Å². The van der Waals surface area contributed by atoms with Crippen LogP contribution in [0.25, 0.3) is 0 Å². The first-order valence-electron chi connectivity index (χ1n) is 8.01. The van der Waals surface area contributed by atoms with Crippen molar-refractivity contribution in [2.75, 3.05) is 5.75 Å². The summed E-state index contributed by atoms with van der Waals surface area (Å²) in [5.74, 6) is 2.19. The zero-order chi connectivity index (χ0) is 14.2. The summed E-state index contributed by atoms with van der Waals surface area (Å²) in [6.45, 7) is 2.25. The van der Waals surface area contributed by atoms with Gasteiger partial charge >= 0.3 is 0 Å². The minimum atomic E-state index is 0.332. The van der Waals surface area contributed by atoms with Gasteiger partial charge in [0.1, 0.15) is 0 Å². The fraction of sp³-hybridized carbons (Fsp3) is 0.611. The van der Waals surface area contributed by atoms with E-state index in [1.54, 1.807) is 0 Å². The Bertz CT molecular complexity index is 401. The molecule has 0 saturated heterocycles. The number of carbonyl (C=O) groups is 1. The lowest BCUT2D eigenvalue weighted by Gasteiger charge is -2.30. The topological polar surface area (TPSA) is 17.1 Å². The standard InChI is InChI=1S/C18H26OS/c1-2-3-13-20-18-12-8-7-11-16(18)14-17(19)15-9-5-4-6-10-15/h4-6,9-10,16,18H,2-3,7-8,11-14H2,1H3. The fourth-order valence-corrected chi connectivity index (χ4v) is 4.58. The Kier molecular flexibility index (Phi) is 6.65. The van der Waals surface area contributed by atoms with Crippen molar-refractivity contribution in [1.82, 2.24) is 0 Å². The van der Waals surface area contributed by atoms with Gasteiger partial charge < -0.3 is 0 Å². The molecule has 0 aliphatic heterocycles. The van der Waals surface area contributed by atoms with E-state index >= 15 is 0 Å². The molecule has 1 aliphatic carbocycles. The number of Topliss-reactive ketones (excluding diaryl/α,β-unsaturated/α-hetero) is 1. The van der Waals surface area contributed by atoms with Gasteiger partial charge in [0, 0.05) is 17.2 Å². The number of hydrogen-bond donors (Lipinski definition) is 0. The third-order valence-corrected chi connectivity index (χ3v) is 5.79. The monoisotopic (exact) mass is 290 g/mol. The Morgan fingerprint density at radius 2 is 1.95 bits per heavy atom. The van der Waals surface area contributed by atoms with Crippen LogP contribution in [-0.4, -0.2) is 16.8 Å². The third kappa shape index (κ3) is 4.66. The van der Waals surface area contributed by atoms with Crippen LogP contribution in [0.15, 0.2) is 30.3 Å². The zero-order valence-electron chi connectivity index (χ0n) is 12.5. The summed E-state index contributed by atoms with van der Waals surface area (Å²) < 4.78 is 0. The normalized spacial score (nSPS) is 22.6. The highest BCUT2D eigenvalue weighted by Gasteiger charge is 2.27. The SMILES string of the molecule is CCCCSC1CCCCC1CC(=O)c1ccccc1. The van der Waals surface area contributed by atoms with Crippen molar-refractivity contribution in [1.29, 1.82) is 0 Å². The molecule has 0 heterocycles. The molecular weight excluding hydrogens is 264 g/mol. The summed E-state index contributed by atoms with van der Waals surface area (Å²) in [7, 11) is 0. The molecule has 1 nitrogen and oxygen atoms in total. The fourth-order valence-electron chi connectivity index (χ4n) is 2.99. The van der Waals surface area contributed by atoms with Gasteiger partial charge in [-0.3, -0.25) is 4.79 Å². The van der Waals surface area contributed by atoms with Crippen LogP contribution in [-0.2, 0) is 0 Å². The lowest BCUT2D eigenvalue weighted by molar-refractivity contribution is 0.0952. The first-order chi connectivity index (χ1) is 9.81. The Hall–Kier alpha value is -0.760. The summed E-state index contributed by atoms with van der Waals surface area (Å²) in [6.07, 6.45) is 8.52. The maximum absolute atomic E-state index is 12.4. The average molecular weight is 290 g/mol. The van der Waals surface area contributed by atoms with E-state index in [9.17, 15) is 4.79 Å². The van der Waals surface area contributed by atoms with E-state index in [2.05, 4.69) is 18.7 Å². The Morgan fingerprint density at radius 3 is 2.70 bits per heavy atom. The predicted molar refractivity (Wildman–Crippen MR) is 88.5 cm³/mol. The van der Waals surface area contributed by atoms with Crippen molar-refractivity contribution < 1.29 is 4.79 Å². The van der Waals surface area contributed by atoms with Gasteiger partial charge in [-0.1, -0.05) is 56.5 Å². The maximum Gasteiger partial charge on any atom is 0.163 e. The number of rotatable bonds is 7. The Labute approximate surface area is 127 Å². The molecule has 0 spiro atoms. The minimum Gasteiger partial charge on any atom is -0.294 e. The van der Waals surface area contributed by atoms with Crippen molar-refractivity contribution in [3.8, 4) is 0 Å². The highest BCUT2D eigenvalue weighted by atomic mass is 32.2. The molecule has 1 aliphatic rings. The predicted octanol–water partition coefficient (Wildman–Crippen LogP) is 5.35. The lowest BCUT2D eigenvalue weighted by Crippen LogP contribution is -2.25.